The molecule has 5 heteroatoms. The van der Waals surface area contributed by atoms with E-state index in [-0.39, 0.29) is 12.0 Å². The highest BCUT2D eigenvalue weighted by molar-refractivity contribution is 5.68. The van der Waals surface area contributed by atoms with Crippen molar-refractivity contribution in [2.75, 3.05) is 13.7 Å². The van der Waals surface area contributed by atoms with Crippen molar-refractivity contribution in [2.45, 2.75) is 45.2 Å². The van der Waals surface area contributed by atoms with E-state index >= 15 is 0 Å². The van der Waals surface area contributed by atoms with Gasteiger partial charge in [0.15, 0.2) is 6.29 Å². The summed E-state index contributed by atoms with van der Waals surface area (Å²) in [5.41, 5.74) is 4.12. The molecule has 3 aromatic rings. The quantitative estimate of drug-likeness (QED) is 0.221. The van der Waals surface area contributed by atoms with E-state index in [0.29, 0.717) is 0 Å². The Kier molecular flexibility index (Phi) is 9.41. The van der Waals surface area contributed by atoms with Crippen LogP contribution < -0.4 is 9.47 Å². The Morgan fingerprint density at radius 3 is 1.97 bits per heavy atom. The number of methoxy groups -OCH3 is 1. The minimum absolute atomic E-state index is 0.151. The molecule has 0 aromatic heterocycles. The number of phenolic OH excluding ortho intramolecular Hbond substituents is 1. The average Bonchev–Trinajstić information content (AvgIpc) is 2.93. The number of ether oxygens (including phenoxy) is 4. The summed E-state index contributed by atoms with van der Waals surface area (Å²) in [6.07, 6.45) is 13.4. The molecule has 4 rings (SSSR count). The molecule has 3 aromatic carbocycles. The number of phenols is 1. The fraction of sp³-hybridized carbons (Fsp3) is 0.273. The SMILES string of the molecule is COC(C)(C)Oc1ccc(C=C(C=Cc2ccc(O)cc2)C=Cc2ccc(OC3CCCCO3)cc2)cc1. The van der Waals surface area contributed by atoms with E-state index in [1.54, 1.807) is 19.2 Å². The van der Waals surface area contributed by atoms with E-state index < -0.39 is 5.79 Å². The molecule has 1 aliphatic rings. The second kappa shape index (κ2) is 13.1. The Bertz CT molecular complexity index is 1230. The fourth-order valence-electron chi connectivity index (χ4n) is 3.89. The first-order valence-corrected chi connectivity index (χ1v) is 13.0. The van der Waals surface area contributed by atoms with Gasteiger partial charge in [0, 0.05) is 27.4 Å². The summed E-state index contributed by atoms with van der Waals surface area (Å²) in [7, 11) is 1.63. The maximum absolute atomic E-state index is 9.58. The second-order valence-electron chi connectivity index (χ2n) is 9.66. The molecule has 1 N–H and O–H groups in total. The van der Waals surface area contributed by atoms with Crippen LogP contribution >= 0.6 is 0 Å². The van der Waals surface area contributed by atoms with Crippen molar-refractivity contribution >= 4 is 18.2 Å². The topological polar surface area (TPSA) is 57.2 Å². The van der Waals surface area contributed by atoms with Crippen molar-refractivity contribution in [1.29, 1.82) is 0 Å². The largest absolute Gasteiger partial charge is 0.508 e. The number of hydrogen-bond acceptors (Lipinski definition) is 5. The summed E-state index contributed by atoms with van der Waals surface area (Å²) in [4.78, 5) is 0. The molecule has 0 spiro atoms. The first-order valence-electron chi connectivity index (χ1n) is 13.0. The molecular formula is C33H36O5. The third-order valence-electron chi connectivity index (χ3n) is 6.18. The monoisotopic (exact) mass is 512 g/mol. The van der Waals surface area contributed by atoms with Crippen LogP contribution in [0.2, 0.25) is 0 Å². The summed E-state index contributed by atoms with van der Waals surface area (Å²) in [5, 5.41) is 9.58. The molecule has 1 unspecified atom stereocenters. The lowest BCUT2D eigenvalue weighted by Gasteiger charge is -2.24. The highest BCUT2D eigenvalue weighted by atomic mass is 16.7. The minimum Gasteiger partial charge on any atom is -0.508 e. The summed E-state index contributed by atoms with van der Waals surface area (Å²) < 4.78 is 22.9. The van der Waals surface area contributed by atoms with Crippen LogP contribution in [-0.4, -0.2) is 30.9 Å². The minimum atomic E-state index is -0.692. The van der Waals surface area contributed by atoms with Gasteiger partial charge in [-0.25, -0.2) is 0 Å². The number of rotatable bonds is 10. The van der Waals surface area contributed by atoms with Crippen LogP contribution in [0.5, 0.6) is 17.2 Å². The van der Waals surface area contributed by atoms with E-state index in [9.17, 15) is 5.11 Å². The molecular weight excluding hydrogens is 476 g/mol. The summed E-state index contributed by atoms with van der Waals surface area (Å²) in [6.45, 7) is 4.51. The van der Waals surface area contributed by atoms with Crippen LogP contribution in [0, 0.1) is 0 Å². The van der Waals surface area contributed by atoms with Gasteiger partial charge in [-0.15, -0.1) is 0 Å². The predicted octanol–water partition coefficient (Wildman–Crippen LogP) is 7.87. The highest BCUT2D eigenvalue weighted by Crippen LogP contribution is 2.23. The Hall–Kier alpha value is -3.80. The molecule has 1 atom stereocenters. The fourth-order valence-corrected chi connectivity index (χ4v) is 3.89. The van der Waals surface area contributed by atoms with Crippen LogP contribution in [0.1, 0.15) is 49.8 Å². The molecule has 198 valence electrons. The second-order valence-corrected chi connectivity index (χ2v) is 9.66. The molecule has 1 heterocycles. The molecule has 5 nitrogen and oxygen atoms in total. The number of allylic oxidation sites excluding steroid dienone is 3. The van der Waals surface area contributed by atoms with Crippen LogP contribution in [0.3, 0.4) is 0 Å². The molecule has 0 amide bonds. The number of benzene rings is 3. The van der Waals surface area contributed by atoms with Gasteiger partial charge in [-0.2, -0.15) is 0 Å². The van der Waals surface area contributed by atoms with Crippen molar-refractivity contribution in [3.05, 3.63) is 107 Å². The van der Waals surface area contributed by atoms with Crippen molar-refractivity contribution in [3.63, 3.8) is 0 Å². The summed E-state index contributed by atoms with van der Waals surface area (Å²) in [5.74, 6) is 1.11. The van der Waals surface area contributed by atoms with Crippen molar-refractivity contribution in [1.82, 2.24) is 0 Å². The van der Waals surface area contributed by atoms with Gasteiger partial charge in [0.2, 0.25) is 5.79 Å². The van der Waals surface area contributed by atoms with Gasteiger partial charge in [0.1, 0.15) is 17.2 Å². The molecule has 1 fully saturated rings. The Labute approximate surface area is 225 Å². The van der Waals surface area contributed by atoms with Crippen LogP contribution in [0.15, 0.2) is 90.5 Å². The first-order chi connectivity index (χ1) is 18.4. The van der Waals surface area contributed by atoms with Crippen LogP contribution in [-0.2, 0) is 9.47 Å². The molecule has 1 aliphatic heterocycles. The standard InChI is InChI=1S/C33H36O5/c1-33(2,35-3)38-31-21-15-28(16-22-31)24-27(9-7-25-11-17-29(34)18-12-25)10-8-26-13-19-30(20-14-26)37-32-6-4-5-23-36-32/h7-22,24,32,34H,4-6,23H2,1-3H3. The zero-order valence-electron chi connectivity index (χ0n) is 22.3. The number of hydrogen-bond donors (Lipinski definition) is 1. The van der Waals surface area contributed by atoms with Crippen molar-refractivity contribution < 1.29 is 24.1 Å². The third-order valence-corrected chi connectivity index (χ3v) is 6.18. The zero-order valence-corrected chi connectivity index (χ0v) is 22.3. The molecule has 1 saturated heterocycles. The van der Waals surface area contributed by atoms with E-state index in [4.69, 9.17) is 18.9 Å². The Morgan fingerprint density at radius 2 is 1.39 bits per heavy atom. The van der Waals surface area contributed by atoms with Gasteiger partial charge in [-0.3, -0.25) is 0 Å². The van der Waals surface area contributed by atoms with Gasteiger partial charge in [0.25, 0.3) is 0 Å². The molecule has 38 heavy (non-hydrogen) atoms. The summed E-state index contributed by atoms with van der Waals surface area (Å²) >= 11 is 0. The maximum Gasteiger partial charge on any atom is 0.204 e. The normalized spacial score (nSPS) is 16.7. The van der Waals surface area contributed by atoms with Gasteiger partial charge in [0.05, 0.1) is 6.61 Å². The van der Waals surface area contributed by atoms with E-state index in [0.717, 1.165) is 59.6 Å². The predicted molar refractivity (Wildman–Crippen MR) is 153 cm³/mol. The van der Waals surface area contributed by atoms with Gasteiger partial charge < -0.3 is 24.1 Å². The van der Waals surface area contributed by atoms with Crippen molar-refractivity contribution in [3.8, 4) is 17.2 Å². The summed E-state index contributed by atoms with van der Waals surface area (Å²) in [6, 6.07) is 23.1. The van der Waals surface area contributed by atoms with Crippen LogP contribution in [0.25, 0.3) is 18.2 Å². The zero-order chi connectivity index (χ0) is 26.8. The van der Waals surface area contributed by atoms with Gasteiger partial charge in [-0.05, 0) is 77.6 Å². The van der Waals surface area contributed by atoms with E-state index in [1.807, 2.05) is 80.6 Å². The third kappa shape index (κ3) is 8.65. The smallest absolute Gasteiger partial charge is 0.204 e. The number of aromatic hydroxyl groups is 1. The lowest BCUT2D eigenvalue weighted by molar-refractivity contribution is -0.134. The highest BCUT2D eigenvalue weighted by Gasteiger charge is 2.17. The average molecular weight is 513 g/mol. The van der Waals surface area contributed by atoms with Crippen molar-refractivity contribution in [2.24, 2.45) is 0 Å². The molecule has 0 bridgehead atoms. The molecule has 0 radical (unpaired) electrons. The first kappa shape index (κ1) is 27.2. The van der Waals surface area contributed by atoms with E-state index in [1.165, 1.54) is 0 Å². The Morgan fingerprint density at radius 1 is 0.816 bits per heavy atom. The Balaban J connectivity index is 1.50. The maximum atomic E-state index is 9.58. The lowest BCUT2D eigenvalue weighted by Crippen LogP contribution is -2.30. The van der Waals surface area contributed by atoms with E-state index in [2.05, 4.69) is 24.3 Å². The van der Waals surface area contributed by atoms with Crippen LogP contribution in [0.4, 0.5) is 0 Å². The molecule has 0 aliphatic carbocycles. The van der Waals surface area contributed by atoms with Gasteiger partial charge in [-0.1, -0.05) is 60.7 Å². The lowest BCUT2D eigenvalue weighted by atomic mass is 10.1. The molecule has 0 saturated carbocycles. The van der Waals surface area contributed by atoms with Gasteiger partial charge >= 0.3 is 0 Å².